The highest BCUT2D eigenvalue weighted by atomic mass is 35.5. The summed E-state index contributed by atoms with van der Waals surface area (Å²) in [6.45, 7) is 5.16. The van der Waals surface area contributed by atoms with Crippen molar-refractivity contribution >= 4 is 18.5 Å². The smallest absolute Gasteiger partial charge is 0.161 e. The molecule has 2 aromatic carbocycles. The fraction of sp³-hybridized carbons (Fsp3) is 0.300. The summed E-state index contributed by atoms with van der Waals surface area (Å²) in [5.74, 6) is 1.71. The molecular weight excluding hydrogens is 322 g/mol. The molecule has 1 heterocycles. The molecule has 4 heteroatoms. The first kappa shape index (κ1) is 18.4. The van der Waals surface area contributed by atoms with Crippen LogP contribution in [0.3, 0.4) is 0 Å². The highest BCUT2D eigenvalue weighted by Crippen LogP contribution is 2.30. The van der Waals surface area contributed by atoms with E-state index in [2.05, 4.69) is 67.4 Å². The zero-order valence-corrected chi connectivity index (χ0v) is 15.0. The Morgan fingerprint density at radius 1 is 1.00 bits per heavy atom. The SMILES string of the molecule is Cc1ccc(/C=C/CN(C)Cc2ccc3c(c2)OCCO3)cc1.Cl. The van der Waals surface area contributed by atoms with E-state index in [1.165, 1.54) is 16.7 Å². The molecule has 3 nitrogen and oxygen atoms in total. The molecule has 0 unspecified atom stereocenters. The summed E-state index contributed by atoms with van der Waals surface area (Å²) < 4.78 is 11.2. The zero-order chi connectivity index (χ0) is 16.1. The molecule has 0 fully saturated rings. The second kappa shape index (κ2) is 8.76. The Bertz CT molecular complexity index is 683. The molecule has 0 saturated carbocycles. The van der Waals surface area contributed by atoms with Crippen LogP contribution in [0.2, 0.25) is 0 Å². The molecule has 0 aliphatic carbocycles. The van der Waals surface area contributed by atoms with Crippen LogP contribution in [-0.4, -0.2) is 31.7 Å². The molecule has 24 heavy (non-hydrogen) atoms. The van der Waals surface area contributed by atoms with Gasteiger partial charge in [-0.25, -0.2) is 0 Å². The molecule has 1 aliphatic heterocycles. The number of hydrogen-bond donors (Lipinski definition) is 0. The minimum atomic E-state index is 0. The summed E-state index contributed by atoms with van der Waals surface area (Å²) in [4.78, 5) is 2.27. The molecule has 1 aliphatic rings. The summed E-state index contributed by atoms with van der Waals surface area (Å²) in [6.07, 6.45) is 4.36. The molecule has 0 radical (unpaired) electrons. The van der Waals surface area contributed by atoms with Crippen LogP contribution in [0.15, 0.2) is 48.5 Å². The Morgan fingerprint density at radius 2 is 1.71 bits per heavy atom. The van der Waals surface area contributed by atoms with E-state index in [4.69, 9.17) is 9.47 Å². The number of halogens is 1. The van der Waals surface area contributed by atoms with E-state index < -0.39 is 0 Å². The summed E-state index contributed by atoms with van der Waals surface area (Å²) in [5.41, 5.74) is 3.77. The van der Waals surface area contributed by atoms with Crippen LogP contribution in [0.5, 0.6) is 11.5 Å². The Hall–Kier alpha value is -1.97. The van der Waals surface area contributed by atoms with Gasteiger partial charge in [0.15, 0.2) is 11.5 Å². The predicted molar refractivity (Wildman–Crippen MR) is 101 cm³/mol. The lowest BCUT2D eigenvalue weighted by Crippen LogP contribution is -2.19. The molecule has 0 saturated heterocycles. The highest BCUT2D eigenvalue weighted by molar-refractivity contribution is 5.85. The van der Waals surface area contributed by atoms with E-state index in [-0.39, 0.29) is 12.4 Å². The molecule has 0 atom stereocenters. The molecular formula is C20H24ClNO2. The normalized spacial score (nSPS) is 13.1. The minimum Gasteiger partial charge on any atom is -0.486 e. The van der Waals surface area contributed by atoms with Crippen LogP contribution in [-0.2, 0) is 6.54 Å². The van der Waals surface area contributed by atoms with Gasteiger partial charge in [0.2, 0.25) is 0 Å². The van der Waals surface area contributed by atoms with Gasteiger partial charge in [-0.15, -0.1) is 12.4 Å². The number of fused-ring (bicyclic) bond motifs is 1. The monoisotopic (exact) mass is 345 g/mol. The maximum atomic E-state index is 5.64. The second-order valence-electron chi connectivity index (χ2n) is 5.99. The van der Waals surface area contributed by atoms with Gasteiger partial charge in [0.1, 0.15) is 13.2 Å². The number of benzene rings is 2. The molecule has 0 spiro atoms. The topological polar surface area (TPSA) is 21.7 Å². The van der Waals surface area contributed by atoms with Gasteiger partial charge in [0.25, 0.3) is 0 Å². The molecule has 2 aromatic rings. The van der Waals surface area contributed by atoms with Crippen molar-refractivity contribution in [3.8, 4) is 11.5 Å². The van der Waals surface area contributed by atoms with E-state index in [0.29, 0.717) is 13.2 Å². The average molecular weight is 346 g/mol. The molecule has 0 bridgehead atoms. The van der Waals surface area contributed by atoms with Crippen molar-refractivity contribution in [2.24, 2.45) is 0 Å². The van der Waals surface area contributed by atoms with Crippen LogP contribution in [0.25, 0.3) is 6.08 Å². The van der Waals surface area contributed by atoms with Crippen molar-refractivity contribution in [1.29, 1.82) is 0 Å². The molecule has 0 aromatic heterocycles. The van der Waals surface area contributed by atoms with Crippen molar-refractivity contribution in [2.45, 2.75) is 13.5 Å². The Balaban J connectivity index is 0.00000208. The maximum absolute atomic E-state index is 5.64. The third-order valence-corrected chi connectivity index (χ3v) is 3.86. The lowest BCUT2D eigenvalue weighted by Gasteiger charge is -2.20. The number of likely N-dealkylation sites (N-methyl/N-ethyl adjacent to an activating group) is 1. The Kier molecular flexibility index (Phi) is 6.71. The first-order valence-electron chi connectivity index (χ1n) is 8.01. The lowest BCUT2D eigenvalue weighted by atomic mass is 10.1. The van der Waals surface area contributed by atoms with Gasteiger partial charge < -0.3 is 9.47 Å². The molecule has 128 valence electrons. The van der Waals surface area contributed by atoms with Crippen molar-refractivity contribution in [3.05, 3.63) is 65.2 Å². The number of hydrogen-bond acceptors (Lipinski definition) is 3. The minimum absolute atomic E-state index is 0. The molecule has 3 rings (SSSR count). The van der Waals surface area contributed by atoms with Gasteiger partial charge in [-0.2, -0.15) is 0 Å². The second-order valence-corrected chi connectivity index (χ2v) is 5.99. The van der Waals surface area contributed by atoms with E-state index >= 15 is 0 Å². The van der Waals surface area contributed by atoms with Gasteiger partial charge in [-0.3, -0.25) is 4.90 Å². The highest BCUT2D eigenvalue weighted by Gasteiger charge is 2.12. The van der Waals surface area contributed by atoms with Gasteiger partial charge in [-0.05, 0) is 37.2 Å². The summed E-state index contributed by atoms with van der Waals surface area (Å²) >= 11 is 0. The van der Waals surface area contributed by atoms with Gasteiger partial charge in [-0.1, -0.05) is 48.0 Å². The van der Waals surface area contributed by atoms with E-state index in [1.54, 1.807) is 0 Å². The third-order valence-electron chi connectivity index (χ3n) is 3.86. The Labute approximate surface area is 150 Å². The van der Waals surface area contributed by atoms with E-state index in [1.807, 2.05) is 6.07 Å². The first-order valence-corrected chi connectivity index (χ1v) is 8.01. The van der Waals surface area contributed by atoms with E-state index in [9.17, 15) is 0 Å². The maximum Gasteiger partial charge on any atom is 0.161 e. The number of aryl methyl sites for hydroxylation is 1. The van der Waals surface area contributed by atoms with Crippen molar-refractivity contribution in [3.63, 3.8) is 0 Å². The summed E-state index contributed by atoms with van der Waals surface area (Å²) in [7, 11) is 2.12. The summed E-state index contributed by atoms with van der Waals surface area (Å²) in [5, 5.41) is 0. The fourth-order valence-corrected chi connectivity index (χ4v) is 2.61. The van der Waals surface area contributed by atoms with E-state index in [0.717, 1.165) is 24.6 Å². The van der Waals surface area contributed by atoms with Crippen LogP contribution >= 0.6 is 12.4 Å². The van der Waals surface area contributed by atoms with Crippen LogP contribution < -0.4 is 9.47 Å². The standard InChI is InChI=1S/C20H23NO2.ClH/c1-16-5-7-17(8-6-16)4-3-11-21(2)15-18-9-10-19-20(14-18)23-13-12-22-19;/h3-10,14H,11-13,15H2,1-2H3;1H/b4-3+;. The first-order chi connectivity index (χ1) is 11.2. The number of nitrogens with zero attached hydrogens (tertiary/aromatic N) is 1. The molecule has 0 amide bonds. The summed E-state index contributed by atoms with van der Waals surface area (Å²) in [6, 6.07) is 14.7. The van der Waals surface area contributed by atoms with Gasteiger partial charge >= 0.3 is 0 Å². The third kappa shape index (κ3) is 5.02. The van der Waals surface area contributed by atoms with Gasteiger partial charge in [0, 0.05) is 13.1 Å². The quantitative estimate of drug-likeness (QED) is 0.805. The van der Waals surface area contributed by atoms with Gasteiger partial charge in [0.05, 0.1) is 0 Å². The average Bonchev–Trinajstić information content (AvgIpc) is 2.56. The predicted octanol–water partition coefficient (Wildman–Crippen LogP) is 4.33. The fourth-order valence-electron chi connectivity index (χ4n) is 2.61. The zero-order valence-electron chi connectivity index (χ0n) is 14.2. The Morgan fingerprint density at radius 3 is 2.46 bits per heavy atom. The van der Waals surface area contributed by atoms with Crippen molar-refractivity contribution < 1.29 is 9.47 Å². The lowest BCUT2D eigenvalue weighted by molar-refractivity contribution is 0.171. The largest absolute Gasteiger partial charge is 0.486 e. The van der Waals surface area contributed by atoms with Crippen molar-refractivity contribution in [1.82, 2.24) is 4.90 Å². The number of rotatable bonds is 5. The molecule has 0 N–H and O–H groups in total. The number of ether oxygens (including phenoxy) is 2. The van der Waals surface area contributed by atoms with Crippen LogP contribution in [0.4, 0.5) is 0 Å². The van der Waals surface area contributed by atoms with Crippen LogP contribution in [0, 0.1) is 6.92 Å². The van der Waals surface area contributed by atoms with Crippen LogP contribution in [0.1, 0.15) is 16.7 Å². The van der Waals surface area contributed by atoms with Crippen molar-refractivity contribution in [2.75, 3.05) is 26.8 Å².